The molecule has 0 N–H and O–H groups in total. The van der Waals surface area contributed by atoms with E-state index in [-0.39, 0.29) is 0 Å². The molecule has 3 aromatic heterocycles. The van der Waals surface area contributed by atoms with Crippen LogP contribution in [0.15, 0.2) is 152 Å². The molecule has 8 rings (SSSR count). The van der Waals surface area contributed by atoms with Crippen molar-refractivity contribution in [2.75, 3.05) is 0 Å². The average molecular weight is 707 g/mol. The minimum atomic E-state index is -0.810. The lowest BCUT2D eigenvalue weighted by molar-refractivity contribution is 0.451. The SMILES string of the molecule is CCCCc1nc(-c2nc(C)cnc2C)cn1Cc1ccc(-c2ccc(-c3nnnn3C(c3ccccc3)(c3ccccc3)c3ccccc3)cc2)cc1. The van der Waals surface area contributed by atoms with Gasteiger partial charge in [0.05, 0.1) is 11.4 Å². The van der Waals surface area contributed by atoms with Gasteiger partial charge in [-0.1, -0.05) is 153 Å². The molecule has 0 amide bonds. The highest BCUT2D eigenvalue weighted by molar-refractivity contribution is 5.68. The Morgan fingerprint density at radius 1 is 0.630 bits per heavy atom. The Kier molecular flexibility index (Phi) is 9.73. The van der Waals surface area contributed by atoms with Gasteiger partial charge in [-0.15, -0.1) is 5.10 Å². The van der Waals surface area contributed by atoms with Crippen molar-refractivity contribution in [3.63, 3.8) is 0 Å². The Hall–Kier alpha value is -6.54. The standard InChI is InChI=1S/C46H42N8/c1-4-5-21-43-49-42(44-34(3)47-30-33(2)48-44)32-53(43)31-35-22-24-36(25-23-35)37-26-28-38(29-27-37)45-50-51-52-54(45)46(39-15-9-6-10-16-39,40-17-11-7-12-18-40)41-19-13-8-14-20-41/h6-20,22-30,32H,4-5,21,31H2,1-3H3. The predicted octanol–water partition coefficient (Wildman–Crippen LogP) is 9.51. The largest absolute Gasteiger partial charge is 0.330 e. The van der Waals surface area contributed by atoms with E-state index < -0.39 is 5.54 Å². The van der Waals surface area contributed by atoms with Gasteiger partial charge in [-0.2, -0.15) is 0 Å². The molecule has 3 heterocycles. The monoisotopic (exact) mass is 706 g/mol. The number of rotatable bonds is 12. The van der Waals surface area contributed by atoms with Crippen molar-refractivity contribution in [2.45, 2.75) is 52.1 Å². The Morgan fingerprint density at radius 2 is 1.19 bits per heavy atom. The second-order valence-corrected chi connectivity index (χ2v) is 13.7. The summed E-state index contributed by atoms with van der Waals surface area (Å²) >= 11 is 0. The zero-order valence-corrected chi connectivity index (χ0v) is 30.8. The van der Waals surface area contributed by atoms with Crippen molar-refractivity contribution in [3.8, 4) is 33.9 Å². The van der Waals surface area contributed by atoms with Gasteiger partial charge in [0, 0.05) is 30.9 Å². The van der Waals surface area contributed by atoms with Gasteiger partial charge in [0.2, 0.25) is 0 Å². The Bertz CT molecular complexity index is 2360. The van der Waals surface area contributed by atoms with Crippen LogP contribution in [0.1, 0.15) is 59.2 Å². The van der Waals surface area contributed by atoms with Gasteiger partial charge in [-0.25, -0.2) is 14.6 Å². The van der Waals surface area contributed by atoms with Crippen LogP contribution in [-0.2, 0) is 18.5 Å². The second kappa shape index (κ2) is 15.2. The van der Waals surface area contributed by atoms with Gasteiger partial charge in [-0.3, -0.25) is 4.98 Å². The van der Waals surface area contributed by atoms with E-state index in [1.807, 2.05) is 36.7 Å². The Morgan fingerprint density at radius 3 is 1.76 bits per heavy atom. The highest BCUT2D eigenvalue weighted by Gasteiger charge is 2.41. The lowest BCUT2D eigenvalue weighted by Gasteiger charge is -2.36. The lowest BCUT2D eigenvalue weighted by atomic mass is 9.77. The molecule has 0 atom stereocenters. The van der Waals surface area contributed by atoms with Gasteiger partial charge in [0.25, 0.3) is 0 Å². The molecule has 0 radical (unpaired) electrons. The Labute approximate surface area is 316 Å². The smallest absolute Gasteiger partial charge is 0.183 e. The van der Waals surface area contributed by atoms with Gasteiger partial charge >= 0.3 is 0 Å². The molecule has 0 bridgehead atoms. The van der Waals surface area contributed by atoms with Crippen molar-refractivity contribution >= 4 is 0 Å². The fourth-order valence-electron chi connectivity index (χ4n) is 7.33. The molecule has 5 aromatic carbocycles. The van der Waals surface area contributed by atoms with E-state index in [1.54, 1.807) is 6.20 Å². The maximum atomic E-state index is 5.03. The summed E-state index contributed by atoms with van der Waals surface area (Å²) in [5.74, 6) is 1.76. The van der Waals surface area contributed by atoms with Crippen molar-refractivity contribution in [1.82, 2.24) is 39.7 Å². The van der Waals surface area contributed by atoms with E-state index in [2.05, 4.69) is 154 Å². The summed E-state index contributed by atoms with van der Waals surface area (Å²) in [5.41, 5.74) is 10.3. The van der Waals surface area contributed by atoms with Crippen molar-refractivity contribution < 1.29 is 0 Å². The lowest BCUT2D eigenvalue weighted by Crippen LogP contribution is -2.39. The molecule has 8 nitrogen and oxygen atoms in total. The number of unbranched alkanes of at least 4 members (excludes halogenated alkanes) is 1. The van der Waals surface area contributed by atoms with Crippen LogP contribution >= 0.6 is 0 Å². The first-order chi connectivity index (χ1) is 26.5. The molecule has 266 valence electrons. The number of aromatic nitrogens is 8. The number of aryl methyl sites for hydroxylation is 3. The van der Waals surface area contributed by atoms with E-state index in [0.29, 0.717) is 5.82 Å². The van der Waals surface area contributed by atoms with Gasteiger partial charge in [-0.05, 0) is 64.1 Å². The van der Waals surface area contributed by atoms with Crippen LogP contribution in [0.3, 0.4) is 0 Å². The summed E-state index contributed by atoms with van der Waals surface area (Å²) in [6.45, 7) is 6.91. The summed E-state index contributed by atoms with van der Waals surface area (Å²) in [5, 5.41) is 13.6. The molecule has 0 saturated heterocycles. The summed E-state index contributed by atoms with van der Waals surface area (Å²) in [7, 11) is 0. The van der Waals surface area contributed by atoms with E-state index in [1.165, 1.54) is 5.56 Å². The van der Waals surface area contributed by atoms with Crippen LogP contribution in [0.4, 0.5) is 0 Å². The fourth-order valence-corrected chi connectivity index (χ4v) is 7.33. The number of hydrogen-bond donors (Lipinski definition) is 0. The van der Waals surface area contributed by atoms with Crippen molar-refractivity contribution in [1.29, 1.82) is 0 Å². The number of tetrazole rings is 1. The predicted molar refractivity (Wildman–Crippen MR) is 214 cm³/mol. The second-order valence-electron chi connectivity index (χ2n) is 13.7. The van der Waals surface area contributed by atoms with Crippen molar-refractivity contribution in [2.24, 2.45) is 0 Å². The third-order valence-corrected chi connectivity index (χ3v) is 10.1. The van der Waals surface area contributed by atoms with Crippen LogP contribution < -0.4 is 0 Å². The third kappa shape index (κ3) is 6.63. The fraction of sp³-hybridized carbons (Fsp3) is 0.174. The average Bonchev–Trinajstić information content (AvgIpc) is 3.88. The van der Waals surface area contributed by atoms with Gasteiger partial charge < -0.3 is 4.57 Å². The first-order valence-corrected chi connectivity index (χ1v) is 18.6. The summed E-state index contributed by atoms with van der Waals surface area (Å²) in [6, 6.07) is 48.7. The molecule has 0 unspecified atom stereocenters. The molecule has 0 spiro atoms. The molecule has 0 aliphatic rings. The van der Waals surface area contributed by atoms with E-state index in [9.17, 15) is 0 Å². The highest BCUT2D eigenvalue weighted by atomic mass is 15.6. The third-order valence-electron chi connectivity index (χ3n) is 10.1. The Balaban J connectivity index is 1.10. The van der Waals surface area contributed by atoms with Crippen molar-refractivity contribution in [3.05, 3.63) is 191 Å². The molecule has 8 aromatic rings. The molecule has 0 aliphatic heterocycles. The number of hydrogen-bond acceptors (Lipinski definition) is 6. The van der Waals surface area contributed by atoms with Gasteiger partial charge in [0.1, 0.15) is 22.8 Å². The summed E-state index contributed by atoms with van der Waals surface area (Å²) in [6.07, 6.45) is 7.06. The van der Waals surface area contributed by atoms with Crippen LogP contribution in [0.2, 0.25) is 0 Å². The van der Waals surface area contributed by atoms with Crippen LogP contribution in [0.5, 0.6) is 0 Å². The minimum Gasteiger partial charge on any atom is -0.330 e. The van der Waals surface area contributed by atoms with E-state index >= 15 is 0 Å². The summed E-state index contributed by atoms with van der Waals surface area (Å²) in [4.78, 5) is 14.3. The maximum absolute atomic E-state index is 5.03. The summed E-state index contributed by atoms with van der Waals surface area (Å²) < 4.78 is 4.24. The first-order valence-electron chi connectivity index (χ1n) is 18.6. The van der Waals surface area contributed by atoms with E-state index in [4.69, 9.17) is 15.2 Å². The quantitative estimate of drug-likeness (QED) is 0.118. The maximum Gasteiger partial charge on any atom is 0.183 e. The normalized spacial score (nSPS) is 11.5. The number of imidazole rings is 1. The number of nitrogens with zero attached hydrogens (tertiary/aromatic N) is 8. The molecule has 8 heteroatoms. The molecular weight excluding hydrogens is 665 g/mol. The number of benzene rings is 5. The minimum absolute atomic E-state index is 0.680. The first kappa shape index (κ1) is 34.5. The van der Waals surface area contributed by atoms with Crippen LogP contribution in [-0.4, -0.2) is 39.7 Å². The zero-order valence-electron chi connectivity index (χ0n) is 30.8. The topological polar surface area (TPSA) is 87.2 Å². The highest BCUT2D eigenvalue weighted by Crippen LogP contribution is 2.42. The van der Waals surface area contributed by atoms with Gasteiger partial charge in [0.15, 0.2) is 5.82 Å². The van der Waals surface area contributed by atoms with Crippen LogP contribution in [0.25, 0.3) is 33.9 Å². The molecule has 0 aliphatic carbocycles. The van der Waals surface area contributed by atoms with E-state index in [0.717, 1.165) is 87.8 Å². The molecule has 0 saturated carbocycles. The zero-order chi connectivity index (χ0) is 36.9. The molecule has 54 heavy (non-hydrogen) atoms. The molecule has 0 fully saturated rings. The molecular formula is C46H42N8. The van der Waals surface area contributed by atoms with Crippen LogP contribution in [0, 0.1) is 13.8 Å².